The van der Waals surface area contributed by atoms with Gasteiger partial charge >= 0.3 is 5.97 Å². The highest BCUT2D eigenvalue weighted by Gasteiger charge is 2.12. The normalized spacial score (nSPS) is 11.7. The van der Waals surface area contributed by atoms with Gasteiger partial charge in [0.2, 0.25) is 0 Å². The van der Waals surface area contributed by atoms with E-state index >= 15 is 0 Å². The first-order valence-electron chi connectivity index (χ1n) is 9.46. The summed E-state index contributed by atoms with van der Waals surface area (Å²) in [6, 6.07) is 23.2. The van der Waals surface area contributed by atoms with E-state index in [0.717, 1.165) is 11.3 Å². The van der Waals surface area contributed by atoms with Gasteiger partial charge in [-0.2, -0.15) is 0 Å². The molecule has 0 saturated carbocycles. The van der Waals surface area contributed by atoms with Gasteiger partial charge in [0.15, 0.2) is 11.0 Å². The minimum Gasteiger partial charge on any atom is -0.466 e. The van der Waals surface area contributed by atoms with Crippen molar-refractivity contribution in [2.45, 2.75) is 4.90 Å². The summed E-state index contributed by atoms with van der Waals surface area (Å²) >= 11 is 0. The maximum absolute atomic E-state index is 12.8. The lowest BCUT2D eigenvalue weighted by Crippen LogP contribution is -2.20. The topological polar surface area (TPSA) is 75.7 Å². The molecular formula is C24H22N2O4S. The second-order valence-corrected chi connectivity index (χ2v) is 8.06. The van der Waals surface area contributed by atoms with Crippen LogP contribution in [-0.2, 0) is 20.5 Å². The first-order chi connectivity index (χ1) is 15.0. The molecule has 158 valence electrons. The molecule has 31 heavy (non-hydrogen) atoms. The summed E-state index contributed by atoms with van der Waals surface area (Å²) in [4.78, 5) is 24.3. The quantitative estimate of drug-likeness (QED) is 0.445. The molecule has 0 aliphatic rings. The summed E-state index contributed by atoms with van der Waals surface area (Å²) < 4.78 is 19.0. The maximum Gasteiger partial charge on any atom is 0.330 e. The number of benzene rings is 3. The van der Waals surface area contributed by atoms with Crippen molar-refractivity contribution in [2.24, 2.45) is 0 Å². The van der Waals surface area contributed by atoms with E-state index in [-0.39, 0.29) is 5.91 Å². The van der Waals surface area contributed by atoms with Gasteiger partial charge in [-0.15, -0.1) is 0 Å². The molecule has 0 heterocycles. The number of para-hydroxylation sites is 1. The van der Waals surface area contributed by atoms with Crippen LogP contribution in [0.2, 0.25) is 0 Å². The van der Waals surface area contributed by atoms with E-state index in [0.29, 0.717) is 16.1 Å². The van der Waals surface area contributed by atoms with Crippen LogP contribution in [0.25, 0.3) is 6.08 Å². The van der Waals surface area contributed by atoms with Crippen molar-refractivity contribution in [3.05, 3.63) is 96.1 Å². The molecule has 1 N–H and O–H groups in total. The zero-order chi connectivity index (χ0) is 22.2. The highest BCUT2D eigenvalue weighted by Crippen LogP contribution is 2.20. The Morgan fingerprint density at radius 2 is 1.58 bits per heavy atom. The van der Waals surface area contributed by atoms with Crippen LogP contribution in [0.1, 0.15) is 15.9 Å². The molecule has 0 fully saturated rings. The van der Waals surface area contributed by atoms with Crippen molar-refractivity contribution in [1.82, 2.24) is 0 Å². The zero-order valence-electron chi connectivity index (χ0n) is 17.1. The number of anilines is 2. The lowest BCUT2D eigenvalue weighted by molar-refractivity contribution is -0.134. The first-order valence-corrected chi connectivity index (χ1v) is 10.6. The van der Waals surface area contributed by atoms with Gasteiger partial charge in [0.1, 0.15) is 0 Å². The number of amides is 1. The van der Waals surface area contributed by atoms with Gasteiger partial charge < -0.3 is 10.1 Å². The molecule has 0 radical (unpaired) electrons. The van der Waals surface area contributed by atoms with Gasteiger partial charge in [-0.1, -0.05) is 30.3 Å². The molecular weight excluding hydrogens is 412 g/mol. The lowest BCUT2D eigenvalue weighted by atomic mass is 10.1. The van der Waals surface area contributed by atoms with Crippen molar-refractivity contribution in [2.75, 3.05) is 23.8 Å². The Hall–Kier alpha value is -3.71. The van der Waals surface area contributed by atoms with E-state index in [4.69, 9.17) is 0 Å². The van der Waals surface area contributed by atoms with Gasteiger partial charge in [0, 0.05) is 30.1 Å². The molecule has 0 aliphatic carbocycles. The number of methoxy groups -OCH3 is 1. The lowest BCUT2D eigenvalue weighted by Gasteiger charge is -2.18. The second-order valence-electron chi connectivity index (χ2n) is 6.54. The molecule has 1 unspecified atom stereocenters. The Morgan fingerprint density at radius 1 is 0.935 bits per heavy atom. The number of hydrogen-bond donors (Lipinski definition) is 1. The van der Waals surface area contributed by atoms with Crippen LogP contribution in [-0.4, -0.2) is 30.2 Å². The monoisotopic (exact) mass is 434 g/mol. The molecule has 1 amide bonds. The van der Waals surface area contributed by atoms with E-state index in [1.165, 1.54) is 13.2 Å². The number of esters is 1. The summed E-state index contributed by atoms with van der Waals surface area (Å²) in [6.45, 7) is 0. The fourth-order valence-corrected chi connectivity index (χ4v) is 3.73. The Morgan fingerprint density at radius 3 is 2.19 bits per heavy atom. The van der Waals surface area contributed by atoms with Crippen LogP contribution in [0.15, 0.2) is 89.8 Å². The fraction of sp³-hybridized carbons (Fsp3) is 0.0833. The van der Waals surface area contributed by atoms with Crippen molar-refractivity contribution >= 4 is 40.3 Å². The smallest absolute Gasteiger partial charge is 0.330 e. The SMILES string of the molecule is COC(=O)/C=C/c1ccc(C(=O)Nc2ccc(S(=O)N(C)c3ccccc3)cc2)cc1. The number of carbonyl (C=O) groups excluding carboxylic acids is 2. The molecule has 0 saturated heterocycles. The van der Waals surface area contributed by atoms with E-state index in [1.807, 2.05) is 30.3 Å². The van der Waals surface area contributed by atoms with Crippen LogP contribution in [0.3, 0.4) is 0 Å². The van der Waals surface area contributed by atoms with E-state index in [1.54, 1.807) is 66.0 Å². The highest BCUT2D eigenvalue weighted by molar-refractivity contribution is 7.86. The molecule has 6 nitrogen and oxygen atoms in total. The van der Waals surface area contributed by atoms with Crippen LogP contribution < -0.4 is 9.62 Å². The van der Waals surface area contributed by atoms with E-state index in [2.05, 4.69) is 10.1 Å². The Balaban J connectivity index is 1.63. The average Bonchev–Trinajstić information content (AvgIpc) is 2.82. The number of rotatable bonds is 7. The first kappa shape index (κ1) is 22.0. The summed E-state index contributed by atoms with van der Waals surface area (Å²) in [5.41, 5.74) is 2.70. The van der Waals surface area contributed by atoms with Crippen LogP contribution in [0, 0.1) is 0 Å². The fourth-order valence-electron chi connectivity index (χ4n) is 2.73. The molecule has 0 aromatic heterocycles. The summed E-state index contributed by atoms with van der Waals surface area (Å²) in [5.74, 6) is -0.708. The molecule has 0 spiro atoms. The summed E-state index contributed by atoms with van der Waals surface area (Å²) in [6.07, 6.45) is 2.93. The minimum atomic E-state index is -1.36. The number of carbonyl (C=O) groups is 2. The van der Waals surface area contributed by atoms with Gasteiger partial charge in [0.05, 0.1) is 12.0 Å². The standard InChI is InChI=1S/C24H22N2O4S/c1-26(21-6-4-3-5-7-21)31(29)22-15-13-20(14-16-22)25-24(28)19-11-8-18(9-12-19)10-17-23(27)30-2/h3-17H,1-2H3,(H,25,28)/b17-10+. The molecule has 1 atom stereocenters. The Labute approximate surface area is 183 Å². The summed E-state index contributed by atoms with van der Waals surface area (Å²) in [5, 5.41) is 2.82. The predicted octanol–water partition coefficient (Wildman–Crippen LogP) is 4.28. The van der Waals surface area contributed by atoms with Gasteiger partial charge in [-0.25, -0.2) is 9.00 Å². The minimum absolute atomic E-state index is 0.265. The zero-order valence-corrected chi connectivity index (χ0v) is 18.0. The predicted molar refractivity (Wildman–Crippen MR) is 123 cm³/mol. The van der Waals surface area contributed by atoms with Gasteiger partial charge in [-0.3, -0.25) is 9.10 Å². The molecule has 3 aromatic carbocycles. The maximum atomic E-state index is 12.8. The molecule has 0 aliphatic heterocycles. The third-order valence-electron chi connectivity index (χ3n) is 4.47. The Kier molecular flexibility index (Phi) is 7.35. The van der Waals surface area contributed by atoms with Crippen molar-refractivity contribution in [3.63, 3.8) is 0 Å². The largest absolute Gasteiger partial charge is 0.466 e. The molecule has 0 bridgehead atoms. The summed E-state index contributed by atoms with van der Waals surface area (Å²) in [7, 11) is 1.72. The third-order valence-corrected chi connectivity index (χ3v) is 5.85. The van der Waals surface area contributed by atoms with Crippen molar-refractivity contribution in [3.8, 4) is 0 Å². The van der Waals surface area contributed by atoms with E-state index < -0.39 is 17.0 Å². The third kappa shape index (κ3) is 5.90. The van der Waals surface area contributed by atoms with Crippen LogP contribution >= 0.6 is 0 Å². The number of nitrogens with zero attached hydrogens (tertiary/aromatic N) is 1. The molecule has 3 aromatic rings. The van der Waals surface area contributed by atoms with Crippen LogP contribution in [0.4, 0.5) is 11.4 Å². The molecule has 3 rings (SSSR count). The second kappa shape index (κ2) is 10.4. The van der Waals surface area contributed by atoms with Gasteiger partial charge in [-0.05, 0) is 60.2 Å². The van der Waals surface area contributed by atoms with Crippen molar-refractivity contribution in [1.29, 1.82) is 0 Å². The van der Waals surface area contributed by atoms with Crippen molar-refractivity contribution < 1.29 is 18.5 Å². The Bertz CT molecular complexity index is 1090. The number of hydrogen-bond acceptors (Lipinski definition) is 4. The number of ether oxygens (including phenoxy) is 1. The van der Waals surface area contributed by atoms with Gasteiger partial charge in [0.25, 0.3) is 5.91 Å². The van der Waals surface area contributed by atoms with E-state index in [9.17, 15) is 13.8 Å². The number of nitrogens with one attached hydrogen (secondary N) is 1. The average molecular weight is 435 g/mol. The highest BCUT2D eigenvalue weighted by atomic mass is 32.2. The van der Waals surface area contributed by atoms with Crippen LogP contribution in [0.5, 0.6) is 0 Å². The molecule has 7 heteroatoms.